The minimum atomic E-state index is 0.0220. The normalized spacial score (nSPS) is 18.0. The molecule has 0 saturated carbocycles. The van der Waals surface area contributed by atoms with Crippen LogP contribution in [0.1, 0.15) is 57.8 Å². The van der Waals surface area contributed by atoms with Crippen LogP contribution in [0.15, 0.2) is 18.3 Å². The van der Waals surface area contributed by atoms with Crippen LogP contribution in [0.25, 0.3) is 0 Å². The smallest absolute Gasteiger partial charge is 0.167 e. The Balaban J connectivity index is 2.10. The summed E-state index contributed by atoms with van der Waals surface area (Å²) in [6.45, 7) is 13.2. The van der Waals surface area contributed by atoms with Gasteiger partial charge >= 0.3 is 0 Å². The van der Waals surface area contributed by atoms with Crippen LogP contribution in [0.2, 0.25) is 0 Å². The molecule has 116 valence electrons. The average molecular weight is 306 g/mol. The van der Waals surface area contributed by atoms with E-state index in [4.69, 9.17) is 12.2 Å². The maximum absolute atomic E-state index is 5.37. The van der Waals surface area contributed by atoms with Gasteiger partial charge in [-0.05, 0) is 59.2 Å². The van der Waals surface area contributed by atoms with Crippen molar-refractivity contribution in [2.24, 2.45) is 0 Å². The van der Waals surface area contributed by atoms with Crippen LogP contribution in [0.4, 0.5) is 0 Å². The van der Waals surface area contributed by atoms with Crippen LogP contribution in [0.5, 0.6) is 0 Å². The SMILES string of the molecule is C=C(C)CNC(=S)N[C@H]1CCCc2c1cnn2C(C)(C)C. The summed E-state index contributed by atoms with van der Waals surface area (Å²) in [7, 11) is 0. The number of fused-ring (bicyclic) bond motifs is 1. The number of hydrogen-bond acceptors (Lipinski definition) is 2. The molecule has 0 aliphatic heterocycles. The highest BCUT2D eigenvalue weighted by Gasteiger charge is 2.28. The topological polar surface area (TPSA) is 41.9 Å². The number of thiocarbonyl (C=S) groups is 1. The van der Waals surface area contributed by atoms with Gasteiger partial charge in [-0.25, -0.2) is 0 Å². The molecule has 1 atom stereocenters. The van der Waals surface area contributed by atoms with E-state index >= 15 is 0 Å². The van der Waals surface area contributed by atoms with Crippen LogP contribution in [0, 0.1) is 0 Å². The fourth-order valence-electron chi connectivity index (χ4n) is 2.73. The summed E-state index contributed by atoms with van der Waals surface area (Å²) in [5, 5.41) is 11.9. The Morgan fingerprint density at radius 1 is 1.52 bits per heavy atom. The van der Waals surface area contributed by atoms with E-state index in [0.29, 0.717) is 11.7 Å². The second-order valence-corrected chi connectivity index (χ2v) is 7.27. The van der Waals surface area contributed by atoms with Gasteiger partial charge in [0.25, 0.3) is 0 Å². The average Bonchev–Trinajstić information content (AvgIpc) is 2.81. The fraction of sp³-hybridized carbons (Fsp3) is 0.625. The molecular weight excluding hydrogens is 280 g/mol. The van der Waals surface area contributed by atoms with Crippen LogP contribution >= 0.6 is 12.2 Å². The predicted octanol–water partition coefficient (Wildman–Crippen LogP) is 3.06. The third kappa shape index (κ3) is 3.84. The van der Waals surface area contributed by atoms with Crippen molar-refractivity contribution < 1.29 is 0 Å². The summed E-state index contributed by atoms with van der Waals surface area (Å²) in [5.41, 5.74) is 3.72. The molecule has 4 nitrogen and oxygen atoms in total. The van der Waals surface area contributed by atoms with Crippen molar-refractivity contribution in [1.29, 1.82) is 0 Å². The quantitative estimate of drug-likeness (QED) is 0.665. The zero-order chi connectivity index (χ0) is 15.6. The third-order valence-corrected chi connectivity index (χ3v) is 3.94. The van der Waals surface area contributed by atoms with Gasteiger partial charge in [-0.2, -0.15) is 5.10 Å². The van der Waals surface area contributed by atoms with Crippen molar-refractivity contribution in [1.82, 2.24) is 20.4 Å². The highest BCUT2D eigenvalue weighted by atomic mass is 32.1. The number of nitrogens with zero attached hydrogens (tertiary/aromatic N) is 2. The van der Waals surface area contributed by atoms with Gasteiger partial charge in [-0.1, -0.05) is 12.2 Å². The largest absolute Gasteiger partial charge is 0.359 e. The van der Waals surface area contributed by atoms with Gasteiger partial charge in [-0.15, -0.1) is 0 Å². The van der Waals surface area contributed by atoms with Gasteiger partial charge in [0.15, 0.2) is 5.11 Å². The molecule has 1 aromatic rings. The minimum Gasteiger partial charge on any atom is -0.359 e. The molecule has 0 spiro atoms. The molecule has 21 heavy (non-hydrogen) atoms. The summed E-state index contributed by atoms with van der Waals surface area (Å²) < 4.78 is 2.15. The van der Waals surface area contributed by atoms with E-state index in [9.17, 15) is 0 Å². The summed E-state index contributed by atoms with van der Waals surface area (Å²) >= 11 is 5.37. The Morgan fingerprint density at radius 2 is 2.24 bits per heavy atom. The zero-order valence-electron chi connectivity index (χ0n) is 13.5. The molecule has 2 N–H and O–H groups in total. The van der Waals surface area contributed by atoms with Crippen molar-refractivity contribution in [3.63, 3.8) is 0 Å². The Bertz CT molecular complexity index is 539. The molecule has 0 amide bonds. The second kappa shape index (κ2) is 6.18. The molecule has 1 aliphatic carbocycles. The van der Waals surface area contributed by atoms with Gasteiger partial charge < -0.3 is 10.6 Å². The minimum absolute atomic E-state index is 0.0220. The summed E-state index contributed by atoms with van der Waals surface area (Å²) in [5.74, 6) is 0. The van der Waals surface area contributed by atoms with Gasteiger partial charge in [0.1, 0.15) is 0 Å². The number of aromatic nitrogens is 2. The van der Waals surface area contributed by atoms with Gasteiger partial charge in [-0.3, -0.25) is 4.68 Å². The maximum Gasteiger partial charge on any atom is 0.167 e. The molecule has 2 rings (SSSR count). The van der Waals surface area contributed by atoms with Crippen LogP contribution in [-0.4, -0.2) is 21.4 Å². The standard InChI is InChI=1S/C16H26N4S/c1-11(2)9-17-15(21)19-13-7-6-8-14-12(13)10-18-20(14)16(3,4)5/h10,13H,1,6-9H2,2-5H3,(H2,17,19,21)/t13-/m0/s1. The molecule has 0 unspecified atom stereocenters. The van der Waals surface area contributed by atoms with E-state index in [1.165, 1.54) is 11.3 Å². The molecular formula is C16H26N4S. The van der Waals surface area contributed by atoms with E-state index in [0.717, 1.165) is 24.8 Å². The highest BCUT2D eigenvalue weighted by molar-refractivity contribution is 7.80. The Labute approximate surface area is 133 Å². The van der Waals surface area contributed by atoms with Crippen LogP contribution in [-0.2, 0) is 12.0 Å². The first kappa shape index (κ1) is 16.0. The van der Waals surface area contributed by atoms with E-state index in [-0.39, 0.29) is 11.6 Å². The molecule has 0 fully saturated rings. The summed E-state index contributed by atoms with van der Waals surface area (Å²) in [6, 6.07) is 0.259. The monoisotopic (exact) mass is 306 g/mol. The summed E-state index contributed by atoms with van der Waals surface area (Å²) in [4.78, 5) is 0. The van der Waals surface area contributed by atoms with Crippen molar-refractivity contribution >= 4 is 17.3 Å². The van der Waals surface area contributed by atoms with E-state index in [1.807, 2.05) is 13.1 Å². The number of nitrogens with one attached hydrogen (secondary N) is 2. The fourth-order valence-corrected chi connectivity index (χ4v) is 2.94. The first-order valence-corrected chi connectivity index (χ1v) is 7.96. The lowest BCUT2D eigenvalue weighted by molar-refractivity contribution is 0.336. The zero-order valence-corrected chi connectivity index (χ0v) is 14.3. The second-order valence-electron chi connectivity index (χ2n) is 6.86. The first-order valence-electron chi connectivity index (χ1n) is 7.55. The maximum atomic E-state index is 5.37. The van der Waals surface area contributed by atoms with Crippen molar-refractivity contribution in [2.75, 3.05) is 6.54 Å². The molecule has 0 radical (unpaired) electrons. The number of rotatable bonds is 3. The molecule has 1 aromatic heterocycles. The first-order chi connectivity index (χ1) is 9.79. The van der Waals surface area contributed by atoms with Gasteiger partial charge in [0.05, 0.1) is 17.8 Å². The molecule has 1 aliphatic rings. The van der Waals surface area contributed by atoms with Crippen molar-refractivity contribution in [2.45, 2.75) is 58.5 Å². The molecule has 1 heterocycles. The van der Waals surface area contributed by atoms with E-state index in [2.05, 4.69) is 47.8 Å². The summed E-state index contributed by atoms with van der Waals surface area (Å²) in [6.07, 6.45) is 5.35. The lowest BCUT2D eigenvalue weighted by atomic mass is 9.92. The molecule has 5 heteroatoms. The number of hydrogen-bond donors (Lipinski definition) is 2. The van der Waals surface area contributed by atoms with Gasteiger partial charge in [0, 0.05) is 17.8 Å². The molecule has 0 aromatic carbocycles. The highest BCUT2D eigenvalue weighted by Crippen LogP contribution is 2.32. The molecule has 0 saturated heterocycles. The van der Waals surface area contributed by atoms with Crippen molar-refractivity contribution in [3.8, 4) is 0 Å². The third-order valence-electron chi connectivity index (χ3n) is 3.67. The van der Waals surface area contributed by atoms with Gasteiger partial charge in [0.2, 0.25) is 0 Å². The van der Waals surface area contributed by atoms with E-state index in [1.54, 1.807) is 0 Å². The lowest BCUT2D eigenvalue weighted by Gasteiger charge is -2.29. The van der Waals surface area contributed by atoms with Crippen LogP contribution < -0.4 is 10.6 Å². The van der Waals surface area contributed by atoms with E-state index < -0.39 is 0 Å². The Morgan fingerprint density at radius 3 is 2.86 bits per heavy atom. The predicted molar refractivity (Wildman–Crippen MR) is 91.5 cm³/mol. The Kier molecular flexibility index (Phi) is 4.71. The van der Waals surface area contributed by atoms with Crippen LogP contribution in [0.3, 0.4) is 0 Å². The Hall–Kier alpha value is -1.36. The molecule has 0 bridgehead atoms. The lowest BCUT2D eigenvalue weighted by Crippen LogP contribution is -2.39. The van der Waals surface area contributed by atoms with Crippen molar-refractivity contribution in [3.05, 3.63) is 29.6 Å².